The molecule has 1 N–H and O–H groups in total. The Labute approximate surface area is 131 Å². The average Bonchev–Trinajstić information content (AvgIpc) is 2.43. The lowest BCUT2D eigenvalue weighted by molar-refractivity contribution is 0.300. The van der Waals surface area contributed by atoms with Gasteiger partial charge in [-0.15, -0.1) is 0 Å². The number of benzene rings is 2. The van der Waals surface area contributed by atoms with Gasteiger partial charge in [-0.2, -0.15) is 0 Å². The highest BCUT2D eigenvalue weighted by molar-refractivity contribution is 9.10. The van der Waals surface area contributed by atoms with Crippen molar-refractivity contribution in [2.75, 3.05) is 6.54 Å². The molecule has 2 aromatic rings. The van der Waals surface area contributed by atoms with E-state index in [-0.39, 0.29) is 6.61 Å². The first-order valence-corrected chi connectivity index (χ1v) is 7.44. The normalized spacial score (nSPS) is 10.7. The SMILES string of the molecule is CCNCc1cc(Br)ccc1OCc1cc(F)cc(F)c1. The van der Waals surface area contributed by atoms with Crippen molar-refractivity contribution in [1.82, 2.24) is 5.32 Å². The van der Waals surface area contributed by atoms with Crippen LogP contribution < -0.4 is 10.1 Å². The Morgan fingerprint density at radius 1 is 1.10 bits per heavy atom. The molecule has 0 saturated heterocycles. The quantitative estimate of drug-likeness (QED) is 0.828. The lowest BCUT2D eigenvalue weighted by atomic mass is 10.2. The number of nitrogens with one attached hydrogen (secondary N) is 1. The van der Waals surface area contributed by atoms with Crippen molar-refractivity contribution in [3.05, 3.63) is 63.6 Å². The van der Waals surface area contributed by atoms with Crippen LogP contribution in [0.25, 0.3) is 0 Å². The second-order valence-electron chi connectivity index (χ2n) is 4.60. The Kier molecular flexibility index (Phi) is 5.70. The Morgan fingerprint density at radius 3 is 2.48 bits per heavy atom. The minimum Gasteiger partial charge on any atom is -0.489 e. The predicted molar refractivity (Wildman–Crippen MR) is 82.2 cm³/mol. The van der Waals surface area contributed by atoms with Crippen LogP contribution in [0.4, 0.5) is 8.78 Å². The van der Waals surface area contributed by atoms with Crippen LogP contribution in [0.2, 0.25) is 0 Å². The molecule has 0 unspecified atom stereocenters. The van der Waals surface area contributed by atoms with Gasteiger partial charge >= 0.3 is 0 Å². The monoisotopic (exact) mass is 355 g/mol. The van der Waals surface area contributed by atoms with Crippen LogP contribution in [-0.2, 0) is 13.2 Å². The van der Waals surface area contributed by atoms with Gasteiger partial charge in [0.2, 0.25) is 0 Å². The Morgan fingerprint density at radius 2 is 1.81 bits per heavy atom. The summed E-state index contributed by atoms with van der Waals surface area (Å²) in [7, 11) is 0. The van der Waals surface area contributed by atoms with Crippen LogP contribution in [0, 0.1) is 11.6 Å². The van der Waals surface area contributed by atoms with E-state index in [0.717, 1.165) is 22.6 Å². The van der Waals surface area contributed by atoms with E-state index in [1.54, 1.807) is 0 Å². The molecule has 0 atom stereocenters. The topological polar surface area (TPSA) is 21.3 Å². The van der Waals surface area contributed by atoms with Gasteiger partial charge in [0.25, 0.3) is 0 Å². The number of ether oxygens (including phenoxy) is 1. The molecule has 2 rings (SSSR count). The maximum atomic E-state index is 13.1. The van der Waals surface area contributed by atoms with Gasteiger partial charge in [-0.3, -0.25) is 0 Å². The van der Waals surface area contributed by atoms with E-state index in [1.165, 1.54) is 12.1 Å². The lowest BCUT2D eigenvalue weighted by Gasteiger charge is -2.12. The summed E-state index contributed by atoms with van der Waals surface area (Å²) in [5, 5.41) is 3.23. The fourth-order valence-electron chi connectivity index (χ4n) is 1.94. The summed E-state index contributed by atoms with van der Waals surface area (Å²) in [4.78, 5) is 0. The predicted octanol–water partition coefficient (Wildman–Crippen LogP) is 4.42. The Balaban J connectivity index is 2.11. The minimum absolute atomic E-state index is 0.120. The first-order chi connectivity index (χ1) is 10.1. The zero-order valence-corrected chi connectivity index (χ0v) is 13.2. The van der Waals surface area contributed by atoms with Gasteiger partial charge in [-0.05, 0) is 42.4 Å². The second-order valence-corrected chi connectivity index (χ2v) is 5.51. The van der Waals surface area contributed by atoms with E-state index in [2.05, 4.69) is 21.2 Å². The molecule has 0 aliphatic carbocycles. The molecule has 0 bridgehead atoms. The lowest BCUT2D eigenvalue weighted by Crippen LogP contribution is -2.13. The fourth-order valence-corrected chi connectivity index (χ4v) is 2.35. The van der Waals surface area contributed by atoms with E-state index in [0.29, 0.717) is 17.9 Å². The fraction of sp³-hybridized carbons (Fsp3) is 0.250. The number of rotatable bonds is 6. The van der Waals surface area contributed by atoms with Gasteiger partial charge in [0.15, 0.2) is 0 Å². The van der Waals surface area contributed by atoms with Gasteiger partial charge in [-0.1, -0.05) is 22.9 Å². The number of halogens is 3. The Hall–Kier alpha value is -1.46. The van der Waals surface area contributed by atoms with Crippen molar-refractivity contribution in [2.24, 2.45) is 0 Å². The summed E-state index contributed by atoms with van der Waals surface area (Å²) < 4.78 is 32.9. The van der Waals surface area contributed by atoms with E-state index < -0.39 is 11.6 Å². The van der Waals surface area contributed by atoms with Crippen LogP contribution >= 0.6 is 15.9 Å². The van der Waals surface area contributed by atoms with Crippen LogP contribution in [0.3, 0.4) is 0 Å². The van der Waals surface area contributed by atoms with Crippen molar-refractivity contribution in [3.63, 3.8) is 0 Å². The van der Waals surface area contributed by atoms with Gasteiger partial charge in [0.1, 0.15) is 24.0 Å². The third-order valence-corrected chi connectivity index (χ3v) is 3.40. The molecule has 21 heavy (non-hydrogen) atoms. The molecule has 0 fully saturated rings. The molecule has 2 nitrogen and oxygen atoms in total. The van der Waals surface area contributed by atoms with Gasteiger partial charge < -0.3 is 10.1 Å². The van der Waals surface area contributed by atoms with Gasteiger partial charge in [0, 0.05) is 22.6 Å². The van der Waals surface area contributed by atoms with E-state index in [4.69, 9.17) is 4.74 Å². The smallest absolute Gasteiger partial charge is 0.126 e. The van der Waals surface area contributed by atoms with Crippen LogP contribution in [0.15, 0.2) is 40.9 Å². The molecule has 0 amide bonds. The summed E-state index contributed by atoms with van der Waals surface area (Å²) in [5.41, 5.74) is 1.45. The number of hydrogen-bond donors (Lipinski definition) is 1. The minimum atomic E-state index is -0.600. The summed E-state index contributed by atoms with van der Waals surface area (Å²) in [6.07, 6.45) is 0. The zero-order chi connectivity index (χ0) is 15.2. The number of hydrogen-bond acceptors (Lipinski definition) is 2. The van der Waals surface area contributed by atoms with Crippen molar-refractivity contribution in [2.45, 2.75) is 20.1 Å². The zero-order valence-electron chi connectivity index (χ0n) is 11.6. The third kappa shape index (κ3) is 4.79. The highest BCUT2D eigenvalue weighted by Crippen LogP contribution is 2.24. The first-order valence-electron chi connectivity index (χ1n) is 6.65. The maximum Gasteiger partial charge on any atom is 0.126 e. The molecule has 0 heterocycles. The average molecular weight is 356 g/mol. The molecule has 112 valence electrons. The molecule has 2 aromatic carbocycles. The third-order valence-electron chi connectivity index (χ3n) is 2.90. The molecule has 0 saturated carbocycles. The molecular weight excluding hydrogens is 340 g/mol. The van der Waals surface area contributed by atoms with E-state index >= 15 is 0 Å². The second kappa shape index (κ2) is 7.52. The summed E-state index contributed by atoms with van der Waals surface area (Å²) in [5.74, 6) is -0.502. The molecule has 0 aliphatic heterocycles. The van der Waals surface area contributed by atoms with Crippen molar-refractivity contribution >= 4 is 15.9 Å². The van der Waals surface area contributed by atoms with Crippen LogP contribution in [-0.4, -0.2) is 6.54 Å². The van der Waals surface area contributed by atoms with E-state index in [9.17, 15) is 8.78 Å². The highest BCUT2D eigenvalue weighted by atomic mass is 79.9. The largest absolute Gasteiger partial charge is 0.489 e. The summed E-state index contributed by atoms with van der Waals surface area (Å²) >= 11 is 3.42. The van der Waals surface area contributed by atoms with Crippen LogP contribution in [0.1, 0.15) is 18.1 Å². The highest BCUT2D eigenvalue weighted by Gasteiger charge is 2.06. The summed E-state index contributed by atoms with van der Waals surface area (Å²) in [6.45, 7) is 3.66. The van der Waals surface area contributed by atoms with Crippen molar-refractivity contribution in [3.8, 4) is 5.75 Å². The molecule has 5 heteroatoms. The molecule has 0 aromatic heterocycles. The molecule has 0 aliphatic rings. The van der Waals surface area contributed by atoms with Crippen molar-refractivity contribution < 1.29 is 13.5 Å². The summed E-state index contributed by atoms with van der Waals surface area (Å²) in [6, 6.07) is 9.06. The molecular formula is C16H16BrF2NO. The van der Waals surface area contributed by atoms with Gasteiger partial charge in [-0.25, -0.2) is 8.78 Å². The molecule has 0 spiro atoms. The van der Waals surface area contributed by atoms with Crippen LogP contribution in [0.5, 0.6) is 5.75 Å². The standard InChI is InChI=1S/C16H16BrF2NO/c1-2-20-9-12-7-13(17)3-4-16(12)21-10-11-5-14(18)8-15(19)6-11/h3-8,20H,2,9-10H2,1H3. The van der Waals surface area contributed by atoms with Gasteiger partial charge in [0.05, 0.1) is 0 Å². The maximum absolute atomic E-state index is 13.1. The molecule has 0 radical (unpaired) electrons. The van der Waals surface area contributed by atoms with E-state index in [1.807, 2.05) is 25.1 Å². The van der Waals surface area contributed by atoms with Crippen molar-refractivity contribution in [1.29, 1.82) is 0 Å². The first kappa shape index (κ1) is 15.9. The Bertz CT molecular complexity index is 599.